The standard InChI is InChI=1S/C16H25N5O3/c1-2-3-4-5-6-17-15-14-16(19-9-18-15)21(10-20-14)13-7-11(23)12(8-22)24-13/h9-13,22-23H,2-8H2,1H3,(H,17,18,19)/t11-,12+,13+/m0/s1. The molecule has 0 spiro atoms. The van der Waals surface area contributed by atoms with Crippen LogP contribution >= 0.6 is 0 Å². The highest BCUT2D eigenvalue weighted by molar-refractivity contribution is 5.82. The molecule has 2 aromatic rings. The molecule has 1 aliphatic heterocycles. The number of anilines is 1. The Morgan fingerprint density at radius 3 is 2.92 bits per heavy atom. The molecule has 0 radical (unpaired) electrons. The van der Waals surface area contributed by atoms with Crippen LogP contribution in [0.4, 0.5) is 5.82 Å². The highest BCUT2D eigenvalue weighted by Gasteiger charge is 2.35. The second-order valence-electron chi connectivity index (χ2n) is 6.15. The van der Waals surface area contributed by atoms with E-state index in [1.807, 2.05) is 0 Å². The number of aliphatic hydroxyl groups excluding tert-OH is 2. The van der Waals surface area contributed by atoms with Gasteiger partial charge in [-0.25, -0.2) is 15.0 Å². The summed E-state index contributed by atoms with van der Waals surface area (Å²) in [6, 6.07) is 0. The maximum Gasteiger partial charge on any atom is 0.167 e. The minimum atomic E-state index is -0.685. The Hall–Kier alpha value is -1.77. The van der Waals surface area contributed by atoms with Crippen molar-refractivity contribution in [2.24, 2.45) is 0 Å². The van der Waals surface area contributed by atoms with Crippen LogP contribution in [0.5, 0.6) is 0 Å². The van der Waals surface area contributed by atoms with Gasteiger partial charge in [0.1, 0.15) is 18.7 Å². The van der Waals surface area contributed by atoms with Gasteiger partial charge >= 0.3 is 0 Å². The van der Waals surface area contributed by atoms with Crippen molar-refractivity contribution in [2.45, 2.75) is 57.5 Å². The molecule has 1 aliphatic rings. The van der Waals surface area contributed by atoms with Crippen LogP contribution in [0.3, 0.4) is 0 Å². The number of nitrogens with one attached hydrogen (secondary N) is 1. The van der Waals surface area contributed by atoms with Crippen molar-refractivity contribution in [2.75, 3.05) is 18.5 Å². The summed E-state index contributed by atoms with van der Waals surface area (Å²) >= 11 is 0. The van der Waals surface area contributed by atoms with Crippen LogP contribution in [0.2, 0.25) is 0 Å². The Balaban J connectivity index is 1.72. The molecule has 0 amide bonds. The zero-order chi connectivity index (χ0) is 16.9. The summed E-state index contributed by atoms with van der Waals surface area (Å²) in [7, 11) is 0. The lowest BCUT2D eigenvalue weighted by Crippen LogP contribution is -2.24. The third-order valence-corrected chi connectivity index (χ3v) is 4.38. The summed E-state index contributed by atoms with van der Waals surface area (Å²) in [6.45, 7) is 2.84. The summed E-state index contributed by atoms with van der Waals surface area (Å²) in [6.07, 6.45) is 6.67. The topological polar surface area (TPSA) is 105 Å². The fraction of sp³-hybridized carbons (Fsp3) is 0.688. The molecule has 1 saturated heterocycles. The molecule has 0 unspecified atom stereocenters. The Morgan fingerprint density at radius 2 is 2.17 bits per heavy atom. The van der Waals surface area contributed by atoms with Gasteiger partial charge in [-0.1, -0.05) is 26.2 Å². The quantitative estimate of drug-likeness (QED) is 0.627. The highest BCUT2D eigenvalue weighted by Crippen LogP contribution is 2.31. The van der Waals surface area contributed by atoms with Crippen LogP contribution in [0.1, 0.15) is 45.3 Å². The van der Waals surface area contributed by atoms with E-state index >= 15 is 0 Å². The van der Waals surface area contributed by atoms with E-state index in [2.05, 4.69) is 27.2 Å². The molecule has 3 atom stereocenters. The summed E-state index contributed by atoms with van der Waals surface area (Å²) in [5.74, 6) is 0.715. The number of aromatic nitrogens is 4. The van der Waals surface area contributed by atoms with E-state index in [0.29, 0.717) is 23.4 Å². The molecule has 3 heterocycles. The SMILES string of the molecule is CCCCCCNc1ncnc2c1ncn2[C@H]1C[C@H](O)[C@@H](CO)O1. The summed E-state index contributed by atoms with van der Waals surface area (Å²) < 4.78 is 7.47. The number of imidazole rings is 1. The van der Waals surface area contributed by atoms with Gasteiger partial charge in [-0.2, -0.15) is 0 Å². The maximum absolute atomic E-state index is 9.91. The first kappa shape index (κ1) is 17.1. The molecule has 0 bridgehead atoms. The molecule has 3 rings (SSSR count). The van der Waals surface area contributed by atoms with Crippen LogP contribution in [0, 0.1) is 0 Å². The molecule has 3 N–H and O–H groups in total. The van der Waals surface area contributed by atoms with Gasteiger partial charge in [-0.05, 0) is 6.42 Å². The van der Waals surface area contributed by atoms with Crippen LogP contribution in [-0.2, 0) is 4.74 Å². The molecule has 8 nitrogen and oxygen atoms in total. The van der Waals surface area contributed by atoms with Crippen LogP contribution < -0.4 is 5.32 Å². The van der Waals surface area contributed by atoms with Crippen molar-refractivity contribution in [3.05, 3.63) is 12.7 Å². The minimum Gasteiger partial charge on any atom is -0.394 e. The first-order valence-electron chi connectivity index (χ1n) is 8.60. The number of aliphatic hydroxyl groups is 2. The first-order chi connectivity index (χ1) is 11.7. The number of unbranched alkanes of at least 4 members (excludes halogenated alkanes) is 3. The molecule has 0 aromatic carbocycles. The zero-order valence-electron chi connectivity index (χ0n) is 13.9. The van der Waals surface area contributed by atoms with E-state index in [-0.39, 0.29) is 12.8 Å². The Morgan fingerprint density at radius 1 is 1.29 bits per heavy atom. The van der Waals surface area contributed by atoms with Crippen molar-refractivity contribution in [1.29, 1.82) is 0 Å². The predicted molar refractivity (Wildman–Crippen MR) is 89.6 cm³/mol. The minimum absolute atomic E-state index is 0.205. The Bertz CT molecular complexity index is 662. The number of ether oxygens (including phenoxy) is 1. The van der Waals surface area contributed by atoms with Crippen LogP contribution in [0.15, 0.2) is 12.7 Å². The Labute approximate surface area is 140 Å². The van der Waals surface area contributed by atoms with Gasteiger partial charge in [0, 0.05) is 13.0 Å². The number of nitrogens with zero attached hydrogens (tertiary/aromatic N) is 4. The maximum atomic E-state index is 9.91. The van der Waals surface area contributed by atoms with Gasteiger partial charge in [-0.15, -0.1) is 0 Å². The highest BCUT2D eigenvalue weighted by atomic mass is 16.5. The van der Waals surface area contributed by atoms with Crippen molar-refractivity contribution < 1.29 is 14.9 Å². The average Bonchev–Trinajstić information content (AvgIpc) is 3.18. The van der Waals surface area contributed by atoms with Gasteiger partial charge in [0.15, 0.2) is 17.0 Å². The molecule has 2 aromatic heterocycles. The van der Waals surface area contributed by atoms with E-state index in [9.17, 15) is 10.2 Å². The van der Waals surface area contributed by atoms with Crippen LogP contribution in [-0.4, -0.2) is 55.1 Å². The van der Waals surface area contributed by atoms with E-state index in [1.54, 1.807) is 10.9 Å². The molecular formula is C16H25N5O3. The summed E-state index contributed by atoms with van der Waals surface area (Å²) in [5, 5.41) is 22.5. The van der Waals surface area contributed by atoms with Crippen molar-refractivity contribution in [3.8, 4) is 0 Å². The van der Waals surface area contributed by atoms with E-state index < -0.39 is 12.2 Å². The fourth-order valence-electron chi connectivity index (χ4n) is 3.00. The van der Waals surface area contributed by atoms with Gasteiger partial charge < -0.3 is 20.3 Å². The van der Waals surface area contributed by atoms with E-state index in [1.165, 1.54) is 25.6 Å². The molecule has 132 valence electrons. The van der Waals surface area contributed by atoms with Crippen molar-refractivity contribution in [3.63, 3.8) is 0 Å². The molecule has 24 heavy (non-hydrogen) atoms. The summed E-state index contributed by atoms with van der Waals surface area (Å²) in [5.41, 5.74) is 1.36. The van der Waals surface area contributed by atoms with Gasteiger partial charge in [-0.3, -0.25) is 4.57 Å². The lowest BCUT2D eigenvalue weighted by atomic mass is 10.2. The van der Waals surface area contributed by atoms with E-state index in [0.717, 1.165) is 13.0 Å². The second-order valence-corrected chi connectivity index (χ2v) is 6.15. The van der Waals surface area contributed by atoms with E-state index in [4.69, 9.17) is 4.74 Å². The average molecular weight is 335 g/mol. The number of fused-ring (bicyclic) bond motifs is 1. The largest absolute Gasteiger partial charge is 0.394 e. The lowest BCUT2D eigenvalue weighted by molar-refractivity contribution is -0.0432. The van der Waals surface area contributed by atoms with Gasteiger partial charge in [0.2, 0.25) is 0 Å². The monoisotopic (exact) mass is 335 g/mol. The zero-order valence-corrected chi connectivity index (χ0v) is 13.9. The number of rotatable bonds is 8. The lowest BCUT2D eigenvalue weighted by Gasteiger charge is -2.13. The molecule has 8 heteroatoms. The molecule has 0 saturated carbocycles. The normalized spacial score (nSPS) is 23.9. The third-order valence-electron chi connectivity index (χ3n) is 4.38. The van der Waals surface area contributed by atoms with Gasteiger partial charge in [0.05, 0.1) is 19.0 Å². The molecule has 0 aliphatic carbocycles. The molecule has 1 fully saturated rings. The smallest absolute Gasteiger partial charge is 0.167 e. The predicted octanol–water partition coefficient (Wildman–Crippen LogP) is 1.46. The van der Waals surface area contributed by atoms with Crippen molar-refractivity contribution in [1.82, 2.24) is 19.5 Å². The van der Waals surface area contributed by atoms with Crippen molar-refractivity contribution >= 4 is 17.0 Å². The second kappa shape index (κ2) is 7.87. The van der Waals surface area contributed by atoms with Crippen LogP contribution in [0.25, 0.3) is 11.2 Å². The summed E-state index contributed by atoms with van der Waals surface area (Å²) in [4.78, 5) is 13.0. The fourth-order valence-corrected chi connectivity index (χ4v) is 3.00. The molecular weight excluding hydrogens is 310 g/mol. The third kappa shape index (κ3) is 3.50. The van der Waals surface area contributed by atoms with Gasteiger partial charge in [0.25, 0.3) is 0 Å². The number of hydrogen-bond acceptors (Lipinski definition) is 7. The first-order valence-corrected chi connectivity index (χ1v) is 8.60. The Kier molecular flexibility index (Phi) is 5.60. The number of hydrogen-bond donors (Lipinski definition) is 3.